The second kappa shape index (κ2) is 6.35. The Balaban J connectivity index is 1.78. The third kappa shape index (κ3) is 3.33. The van der Waals surface area contributed by atoms with E-state index in [4.69, 9.17) is 0 Å². The maximum absolute atomic E-state index is 4.59. The molecule has 1 aromatic heterocycles. The van der Waals surface area contributed by atoms with Crippen molar-refractivity contribution < 1.29 is 0 Å². The molecule has 0 aromatic carbocycles. The van der Waals surface area contributed by atoms with Crippen LogP contribution in [-0.4, -0.2) is 34.6 Å². The van der Waals surface area contributed by atoms with Gasteiger partial charge in [0.2, 0.25) is 0 Å². The summed E-state index contributed by atoms with van der Waals surface area (Å²) in [7, 11) is 0. The Hall–Kier alpha value is -0.450. The number of rotatable bonds is 3. The molecule has 1 aromatic rings. The number of aromatic nitrogens is 1. The summed E-state index contributed by atoms with van der Waals surface area (Å²) in [4.78, 5) is 7.31. The van der Waals surface area contributed by atoms with Crippen LogP contribution in [0.5, 0.6) is 0 Å². The zero-order chi connectivity index (χ0) is 14.9. The highest BCUT2D eigenvalue weighted by Crippen LogP contribution is 2.38. The van der Waals surface area contributed by atoms with E-state index in [1.807, 2.05) is 6.20 Å². The maximum Gasteiger partial charge on any atom is 0.0545 e. The van der Waals surface area contributed by atoms with Crippen molar-refractivity contribution >= 4 is 15.9 Å². The Labute approximate surface area is 136 Å². The predicted octanol–water partition coefficient (Wildman–Crippen LogP) is 3.59. The highest BCUT2D eigenvalue weighted by atomic mass is 79.9. The summed E-state index contributed by atoms with van der Waals surface area (Å²) in [6.45, 7) is 7.92. The summed E-state index contributed by atoms with van der Waals surface area (Å²) in [5, 5.41) is 3.81. The first-order valence-corrected chi connectivity index (χ1v) is 8.97. The zero-order valence-electron chi connectivity index (χ0n) is 13.1. The van der Waals surface area contributed by atoms with Gasteiger partial charge in [-0.3, -0.25) is 9.88 Å². The first kappa shape index (κ1) is 15.4. The average Bonchev–Trinajstić information content (AvgIpc) is 2.93. The second-order valence-electron chi connectivity index (χ2n) is 7.01. The van der Waals surface area contributed by atoms with E-state index >= 15 is 0 Å². The lowest BCUT2D eigenvalue weighted by Crippen LogP contribution is -2.64. The van der Waals surface area contributed by atoms with E-state index in [9.17, 15) is 0 Å². The van der Waals surface area contributed by atoms with E-state index in [2.05, 4.69) is 57.1 Å². The van der Waals surface area contributed by atoms with Crippen molar-refractivity contribution in [3.8, 4) is 0 Å². The summed E-state index contributed by atoms with van der Waals surface area (Å²) < 4.78 is 1.06. The molecule has 1 aliphatic carbocycles. The molecule has 4 heteroatoms. The lowest BCUT2D eigenvalue weighted by atomic mass is 9.88. The molecule has 1 saturated heterocycles. The topological polar surface area (TPSA) is 28.2 Å². The third-order valence-electron chi connectivity index (χ3n) is 5.26. The maximum atomic E-state index is 4.59. The molecule has 2 aliphatic rings. The monoisotopic (exact) mass is 351 g/mol. The minimum absolute atomic E-state index is 0.375. The SMILES string of the molecule is CC(C)C1CN(Cc2ccc(Br)cn2)C2(CCCC2)CN1. The summed E-state index contributed by atoms with van der Waals surface area (Å²) >= 11 is 3.47. The Morgan fingerprint density at radius 2 is 2.14 bits per heavy atom. The molecule has 3 rings (SSSR count). The van der Waals surface area contributed by atoms with Gasteiger partial charge in [-0.1, -0.05) is 26.7 Å². The van der Waals surface area contributed by atoms with Crippen LogP contribution < -0.4 is 5.32 Å². The number of nitrogens with one attached hydrogen (secondary N) is 1. The van der Waals surface area contributed by atoms with Gasteiger partial charge in [0.05, 0.1) is 5.69 Å². The summed E-state index contributed by atoms with van der Waals surface area (Å²) in [6, 6.07) is 4.86. The molecule has 2 heterocycles. The van der Waals surface area contributed by atoms with Gasteiger partial charge >= 0.3 is 0 Å². The summed E-state index contributed by atoms with van der Waals surface area (Å²) in [6.07, 6.45) is 7.33. The molecule has 1 unspecified atom stereocenters. The molecule has 0 amide bonds. The largest absolute Gasteiger partial charge is 0.311 e. The van der Waals surface area contributed by atoms with Gasteiger partial charge in [-0.15, -0.1) is 0 Å². The number of pyridine rings is 1. The van der Waals surface area contributed by atoms with Crippen LogP contribution in [0.2, 0.25) is 0 Å². The fourth-order valence-electron chi connectivity index (χ4n) is 3.83. The molecule has 1 saturated carbocycles. The molecule has 3 nitrogen and oxygen atoms in total. The lowest BCUT2D eigenvalue weighted by Gasteiger charge is -2.49. The van der Waals surface area contributed by atoms with Gasteiger partial charge in [-0.2, -0.15) is 0 Å². The number of hydrogen-bond donors (Lipinski definition) is 1. The highest BCUT2D eigenvalue weighted by molar-refractivity contribution is 9.10. The standard InChI is InChI=1S/C17H26BrN3/c1-13(2)16-11-21(10-15-6-5-14(18)9-19-15)17(12-20-16)7-3-4-8-17/h5-6,9,13,16,20H,3-4,7-8,10-12H2,1-2H3. The fraction of sp³-hybridized carbons (Fsp3) is 0.706. The van der Waals surface area contributed by atoms with Crippen LogP contribution in [0.15, 0.2) is 22.8 Å². The van der Waals surface area contributed by atoms with E-state index in [1.165, 1.54) is 31.4 Å². The van der Waals surface area contributed by atoms with Crippen molar-refractivity contribution in [2.24, 2.45) is 5.92 Å². The molecule has 1 atom stereocenters. The molecule has 1 aliphatic heterocycles. The van der Waals surface area contributed by atoms with Crippen LogP contribution in [0.3, 0.4) is 0 Å². The van der Waals surface area contributed by atoms with E-state index in [1.54, 1.807) is 0 Å². The van der Waals surface area contributed by atoms with Crippen molar-refractivity contribution in [2.75, 3.05) is 13.1 Å². The lowest BCUT2D eigenvalue weighted by molar-refractivity contribution is 0.0251. The smallest absolute Gasteiger partial charge is 0.0545 e. The zero-order valence-corrected chi connectivity index (χ0v) is 14.7. The number of piperazine rings is 1. The molecule has 116 valence electrons. The van der Waals surface area contributed by atoms with Crippen molar-refractivity contribution in [3.63, 3.8) is 0 Å². The van der Waals surface area contributed by atoms with E-state index < -0.39 is 0 Å². The minimum Gasteiger partial charge on any atom is -0.311 e. The molecular weight excluding hydrogens is 326 g/mol. The first-order chi connectivity index (χ1) is 10.1. The molecule has 1 spiro atoms. The van der Waals surface area contributed by atoms with Crippen molar-refractivity contribution in [3.05, 3.63) is 28.5 Å². The second-order valence-corrected chi connectivity index (χ2v) is 7.93. The average molecular weight is 352 g/mol. The molecule has 0 bridgehead atoms. The van der Waals surface area contributed by atoms with Crippen LogP contribution in [0.1, 0.15) is 45.2 Å². The van der Waals surface area contributed by atoms with Gasteiger partial charge in [0, 0.05) is 41.9 Å². The van der Waals surface area contributed by atoms with Gasteiger partial charge in [-0.05, 0) is 46.8 Å². The normalized spacial score (nSPS) is 25.8. The third-order valence-corrected chi connectivity index (χ3v) is 5.73. The Bertz CT molecular complexity index is 465. The molecule has 21 heavy (non-hydrogen) atoms. The molecular formula is C17H26BrN3. The molecule has 0 radical (unpaired) electrons. The van der Waals surface area contributed by atoms with Crippen molar-refractivity contribution in [2.45, 2.75) is 57.7 Å². The van der Waals surface area contributed by atoms with Gasteiger partial charge in [0.1, 0.15) is 0 Å². The van der Waals surface area contributed by atoms with Crippen LogP contribution in [0, 0.1) is 5.92 Å². The highest BCUT2D eigenvalue weighted by Gasteiger charge is 2.43. The van der Waals surface area contributed by atoms with Gasteiger partial charge in [0.15, 0.2) is 0 Å². The quantitative estimate of drug-likeness (QED) is 0.901. The molecule has 1 N–H and O–H groups in total. The first-order valence-electron chi connectivity index (χ1n) is 8.18. The van der Waals surface area contributed by atoms with E-state index in [0.29, 0.717) is 17.5 Å². The van der Waals surface area contributed by atoms with Crippen LogP contribution in [-0.2, 0) is 6.54 Å². The van der Waals surface area contributed by atoms with Gasteiger partial charge in [0.25, 0.3) is 0 Å². The number of halogens is 1. The molecule has 2 fully saturated rings. The Morgan fingerprint density at radius 3 is 2.76 bits per heavy atom. The predicted molar refractivity (Wildman–Crippen MR) is 90.2 cm³/mol. The fourth-order valence-corrected chi connectivity index (χ4v) is 4.06. The minimum atomic E-state index is 0.375. The summed E-state index contributed by atoms with van der Waals surface area (Å²) in [5.74, 6) is 0.684. The van der Waals surface area contributed by atoms with Crippen LogP contribution >= 0.6 is 15.9 Å². The summed E-state index contributed by atoms with van der Waals surface area (Å²) in [5.41, 5.74) is 1.56. The van der Waals surface area contributed by atoms with E-state index in [0.717, 1.165) is 24.1 Å². The van der Waals surface area contributed by atoms with Gasteiger partial charge in [-0.25, -0.2) is 0 Å². The van der Waals surface area contributed by atoms with Crippen molar-refractivity contribution in [1.82, 2.24) is 15.2 Å². The van der Waals surface area contributed by atoms with Crippen LogP contribution in [0.25, 0.3) is 0 Å². The Morgan fingerprint density at radius 1 is 1.38 bits per heavy atom. The van der Waals surface area contributed by atoms with Gasteiger partial charge < -0.3 is 5.32 Å². The van der Waals surface area contributed by atoms with Crippen LogP contribution in [0.4, 0.5) is 0 Å². The van der Waals surface area contributed by atoms with Crippen molar-refractivity contribution in [1.29, 1.82) is 0 Å². The van der Waals surface area contributed by atoms with E-state index in [-0.39, 0.29) is 0 Å². The number of nitrogens with zero attached hydrogens (tertiary/aromatic N) is 2. The number of hydrogen-bond acceptors (Lipinski definition) is 3. The Kier molecular flexibility index (Phi) is 4.67.